The van der Waals surface area contributed by atoms with Crippen molar-refractivity contribution in [2.75, 3.05) is 45.9 Å². The van der Waals surface area contributed by atoms with Crippen molar-refractivity contribution in [2.24, 2.45) is 5.92 Å². The molecule has 2 aliphatic rings. The van der Waals surface area contributed by atoms with Crippen LogP contribution in [0, 0.1) is 12.8 Å². The predicted octanol–water partition coefficient (Wildman–Crippen LogP) is 1.89. The fraction of sp³-hybridized carbons (Fsp3) is 0.579. The summed E-state index contributed by atoms with van der Waals surface area (Å²) in [5, 5.41) is 3.01. The van der Waals surface area contributed by atoms with Gasteiger partial charge in [-0.1, -0.05) is 17.7 Å². The lowest BCUT2D eigenvalue weighted by molar-refractivity contribution is 0.0762. The van der Waals surface area contributed by atoms with E-state index in [1.165, 1.54) is 0 Å². The van der Waals surface area contributed by atoms with E-state index in [2.05, 4.69) is 5.32 Å². The maximum atomic E-state index is 12.7. The van der Waals surface area contributed by atoms with E-state index < -0.39 is 0 Å². The first kappa shape index (κ1) is 17.7. The molecule has 2 aliphatic heterocycles. The minimum absolute atomic E-state index is 0.0308. The summed E-state index contributed by atoms with van der Waals surface area (Å²) in [6.45, 7) is 6.70. The van der Waals surface area contributed by atoms with Gasteiger partial charge in [-0.15, -0.1) is 0 Å². The molecule has 0 saturated carbocycles. The van der Waals surface area contributed by atoms with E-state index in [0.717, 1.165) is 37.2 Å². The van der Waals surface area contributed by atoms with Crippen molar-refractivity contribution in [3.63, 3.8) is 0 Å². The number of rotatable bonds is 3. The van der Waals surface area contributed by atoms with Gasteiger partial charge in [0.2, 0.25) is 0 Å². The molecule has 1 aromatic carbocycles. The largest absolute Gasteiger partial charge is 0.381 e. The third-order valence-corrected chi connectivity index (χ3v) is 4.90. The molecule has 0 aliphatic carbocycles. The first-order valence-corrected chi connectivity index (χ1v) is 9.10. The number of amides is 3. The van der Waals surface area contributed by atoms with Crippen LogP contribution in [0.1, 0.15) is 28.8 Å². The third kappa shape index (κ3) is 4.72. The lowest BCUT2D eigenvalue weighted by Gasteiger charge is -2.23. The minimum Gasteiger partial charge on any atom is -0.381 e. The summed E-state index contributed by atoms with van der Waals surface area (Å²) < 4.78 is 5.34. The highest BCUT2D eigenvalue weighted by molar-refractivity contribution is 5.94. The highest BCUT2D eigenvalue weighted by Gasteiger charge is 2.24. The second-order valence-corrected chi connectivity index (χ2v) is 6.92. The summed E-state index contributed by atoms with van der Waals surface area (Å²) in [5.74, 6) is 0.476. The molecule has 3 rings (SSSR count). The fourth-order valence-electron chi connectivity index (χ4n) is 3.37. The second kappa shape index (κ2) is 8.34. The molecule has 6 heteroatoms. The molecule has 2 saturated heterocycles. The Labute approximate surface area is 149 Å². The van der Waals surface area contributed by atoms with E-state index in [1.807, 2.05) is 41.0 Å². The molecule has 25 heavy (non-hydrogen) atoms. The van der Waals surface area contributed by atoms with Gasteiger partial charge in [-0.2, -0.15) is 0 Å². The van der Waals surface area contributed by atoms with E-state index in [0.29, 0.717) is 38.6 Å². The first-order chi connectivity index (χ1) is 12.1. The molecular weight excluding hydrogens is 318 g/mol. The Kier molecular flexibility index (Phi) is 5.91. The number of hydrogen-bond donors (Lipinski definition) is 1. The summed E-state index contributed by atoms with van der Waals surface area (Å²) in [4.78, 5) is 28.7. The standard InChI is InChI=1S/C19H27N3O3/c1-15-4-2-5-17(12-15)18(23)21-7-3-8-22(10-9-21)19(24)20-13-16-6-11-25-14-16/h2,4-5,12,16H,3,6-11,13-14H2,1H3,(H,20,24). The second-order valence-electron chi connectivity index (χ2n) is 6.92. The molecule has 6 nitrogen and oxygen atoms in total. The van der Waals surface area contributed by atoms with Crippen LogP contribution in [-0.2, 0) is 4.74 Å². The van der Waals surface area contributed by atoms with E-state index in [1.54, 1.807) is 0 Å². The van der Waals surface area contributed by atoms with Gasteiger partial charge in [0.1, 0.15) is 0 Å². The zero-order valence-electron chi connectivity index (χ0n) is 14.9. The summed E-state index contributed by atoms with van der Waals surface area (Å²) in [6, 6.07) is 7.64. The van der Waals surface area contributed by atoms with Gasteiger partial charge >= 0.3 is 6.03 Å². The average molecular weight is 345 g/mol. The maximum Gasteiger partial charge on any atom is 0.317 e. The SMILES string of the molecule is Cc1cccc(C(=O)N2CCCN(C(=O)NCC3CCOC3)CC2)c1. The molecule has 1 N–H and O–H groups in total. The number of urea groups is 1. The van der Waals surface area contributed by atoms with E-state index in [4.69, 9.17) is 4.74 Å². The van der Waals surface area contributed by atoms with Gasteiger partial charge in [0.25, 0.3) is 5.91 Å². The van der Waals surface area contributed by atoms with Crippen molar-refractivity contribution in [2.45, 2.75) is 19.8 Å². The Morgan fingerprint density at radius 3 is 2.76 bits per heavy atom. The van der Waals surface area contributed by atoms with Crippen LogP contribution >= 0.6 is 0 Å². The number of aryl methyl sites for hydroxylation is 1. The molecule has 0 aromatic heterocycles. The van der Waals surface area contributed by atoms with E-state index in [9.17, 15) is 9.59 Å². The molecule has 0 spiro atoms. The lowest BCUT2D eigenvalue weighted by atomic mass is 10.1. The topological polar surface area (TPSA) is 61.9 Å². The summed E-state index contributed by atoms with van der Waals surface area (Å²) in [6.07, 6.45) is 1.82. The predicted molar refractivity (Wildman–Crippen MR) is 95.6 cm³/mol. The number of benzene rings is 1. The quantitative estimate of drug-likeness (QED) is 0.910. The molecule has 1 atom stereocenters. The number of nitrogens with one attached hydrogen (secondary N) is 1. The summed E-state index contributed by atoms with van der Waals surface area (Å²) in [5.41, 5.74) is 1.80. The highest BCUT2D eigenvalue weighted by Crippen LogP contribution is 2.13. The number of nitrogens with zero attached hydrogens (tertiary/aromatic N) is 2. The summed E-state index contributed by atoms with van der Waals surface area (Å²) in [7, 11) is 0. The monoisotopic (exact) mass is 345 g/mol. The van der Waals surface area contributed by atoms with Gasteiger partial charge in [0.15, 0.2) is 0 Å². The minimum atomic E-state index is -0.0308. The normalized spacial score (nSPS) is 21.1. The van der Waals surface area contributed by atoms with Gasteiger partial charge in [-0.05, 0) is 31.9 Å². The molecule has 1 unspecified atom stereocenters. The van der Waals surface area contributed by atoms with Gasteiger partial charge in [0.05, 0.1) is 6.61 Å². The van der Waals surface area contributed by atoms with Crippen molar-refractivity contribution in [1.29, 1.82) is 0 Å². The zero-order chi connectivity index (χ0) is 17.6. The van der Waals surface area contributed by atoms with E-state index >= 15 is 0 Å². The number of hydrogen-bond acceptors (Lipinski definition) is 3. The number of carbonyl (C=O) groups is 2. The van der Waals surface area contributed by atoms with Crippen molar-refractivity contribution >= 4 is 11.9 Å². The lowest BCUT2D eigenvalue weighted by Crippen LogP contribution is -2.44. The molecule has 1 aromatic rings. The van der Waals surface area contributed by atoms with Crippen LogP contribution in [0.2, 0.25) is 0 Å². The van der Waals surface area contributed by atoms with Crippen molar-refractivity contribution in [3.8, 4) is 0 Å². The van der Waals surface area contributed by atoms with Crippen LogP contribution in [0.25, 0.3) is 0 Å². The van der Waals surface area contributed by atoms with Crippen molar-refractivity contribution in [3.05, 3.63) is 35.4 Å². The molecular formula is C19H27N3O3. The zero-order valence-corrected chi connectivity index (χ0v) is 14.9. The van der Waals surface area contributed by atoms with Crippen LogP contribution in [0.15, 0.2) is 24.3 Å². The highest BCUT2D eigenvalue weighted by atomic mass is 16.5. The van der Waals surface area contributed by atoms with Crippen LogP contribution < -0.4 is 5.32 Å². The van der Waals surface area contributed by atoms with Crippen LogP contribution in [0.3, 0.4) is 0 Å². The average Bonchev–Trinajstić information content (AvgIpc) is 3.01. The van der Waals surface area contributed by atoms with Gasteiger partial charge in [-0.3, -0.25) is 4.79 Å². The fourth-order valence-corrected chi connectivity index (χ4v) is 3.37. The van der Waals surface area contributed by atoms with E-state index in [-0.39, 0.29) is 11.9 Å². The molecule has 0 bridgehead atoms. The van der Waals surface area contributed by atoms with Gasteiger partial charge in [-0.25, -0.2) is 4.79 Å². The number of carbonyl (C=O) groups excluding carboxylic acids is 2. The Morgan fingerprint density at radius 1 is 1.20 bits per heavy atom. The van der Waals surface area contributed by atoms with Gasteiger partial charge < -0.3 is 19.9 Å². The van der Waals surface area contributed by atoms with Crippen LogP contribution in [0.4, 0.5) is 4.79 Å². The molecule has 136 valence electrons. The maximum absolute atomic E-state index is 12.7. The van der Waals surface area contributed by atoms with Crippen LogP contribution in [-0.4, -0.2) is 67.7 Å². The van der Waals surface area contributed by atoms with Crippen molar-refractivity contribution in [1.82, 2.24) is 15.1 Å². The Morgan fingerprint density at radius 2 is 2.00 bits per heavy atom. The molecule has 3 amide bonds. The first-order valence-electron chi connectivity index (χ1n) is 9.10. The molecule has 2 fully saturated rings. The Bertz CT molecular complexity index is 614. The third-order valence-electron chi connectivity index (χ3n) is 4.90. The Balaban J connectivity index is 1.51. The summed E-state index contributed by atoms with van der Waals surface area (Å²) >= 11 is 0. The van der Waals surface area contributed by atoms with Crippen LogP contribution in [0.5, 0.6) is 0 Å². The molecule has 0 radical (unpaired) electrons. The molecule has 2 heterocycles. The Hall–Kier alpha value is -2.08. The van der Waals surface area contributed by atoms with Gasteiger partial charge in [0, 0.05) is 50.8 Å². The number of ether oxygens (including phenoxy) is 1. The van der Waals surface area contributed by atoms with Crippen molar-refractivity contribution < 1.29 is 14.3 Å². The smallest absolute Gasteiger partial charge is 0.317 e.